The van der Waals surface area contributed by atoms with E-state index in [1.54, 1.807) is 6.07 Å². The van der Waals surface area contributed by atoms with Crippen molar-refractivity contribution in [3.05, 3.63) is 40.1 Å². The second-order valence-electron chi connectivity index (χ2n) is 4.10. The van der Waals surface area contributed by atoms with Crippen LogP contribution in [0.5, 0.6) is 0 Å². The number of nitrogens with zero attached hydrogens (tertiary/aromatic N) is 2. The maximum absolute atomic E-state index is 13.6. The van der Waals surface area contributed by atoms with Crippen molar-refractivity contribution < 1.29 is 9.18 Å². The minimum atomic E-state index is -0.512. The van der Waals surface area contributed by atoms with Crippen LogP contribution in [0.2, 0.25) is 0 Å². The van der Waals surface area contributed by atoms with E-state index < -0.39 is 11.9 Å². The Kier molecular flexibility index (Phi) is 2.07. The molecule has 0 saturated heterocycles. The molecule has 3 rings (SSSR count). The highest BCUT2D eigenvalue weighted by atomic mass is 19.1. The molecular formula is C12H9FN2O2. The molecule has 0 fully saturated rings. The largest absolute Gasteiger partial charge is 0.301 e. The fourth-order valence-electron chi connectivity index (χ4n) is 2.38. The highest BCUT2D eigenvalue weighted by Gasteiger charge is 2.24. The van der Waals surface area contributed by atoms with Gasteiger partial charge in [0, 0.05) is 11.6 Å². The summed E-state index contributed by atoms with van der Waals surface area (Å²) >= 11 is 0. The summed E-state index contributed by atoms with van der Waals surface area (Å²) < 4.78 is 15.0. The normalized spacial score (nSPS) is 18.3. The summed E-state index contributed by atoms with van der Waals surface area (Å²) in [4.78, 5) is 26.7. The Balaban J connectivity index is 2.52. The van der Waals surface area contributed by atoms with E-state index >= 15 is 0 Å². The fourth-order valence-corrected chi connectivity index (χ4v) is 2.38. The SMILES string of the molecule is O=CC1CCc2c(F)cnc3ccc(=O)n1c23. The van der Waals surface area contributed by atoms with Gasteiger partial charge in [0.2, 0.25) is 0 Å². The van der Waals surface area contributed by atoms with Gasteiger partial charge in [-0.3, -0.25) is 14.3 Å². The van der Waals surface area contributed by atoms with E-state index in [0.717, 1.165) is 12.5 Å². The summed E-state index contributed by atoms with van der Waals surface area (Å²) in [5.74, 6) is -0.416. The van der Waals surface area contributed by atoms with Crippen molar-refractivity contribution in [2.24, 2.45) is 0 Å². The molecule has 1 aliphatic heterocycles. The van der Waals surface area contributed by atoms with Crippen LogP contribution < -0.4 is 5.56 Å². The van der Waals surface area contributed by atoms with Crippen molar-refractivity contribution >= 4 is 17.3 Å². The minimum Gasteiger partial charge on any atom is -0.301 e. The van der Waals surface area contributed by atoms with Crippen molar-refractivity contribution in [2.75, 3.05) is 0 Å². The van der Waals surface area contributed by atoms with Crippen molar-refractivity contribution in [3.63, 3.8) is 0 Å². The van der Waals surface area contributed by atoms with Crippen LogP contribution in [-0.4, -0.2) is 15.8 Å². The van der Waals surface area contributed by atoms with Crippen LogP contribution in [0, 0.1) is 5.82 Å². The standard InChI is InChI=1S/C12H9FN2O2/c13-9-5-14-10-3-4-11(17)15-7(6-16)1-2-8(9)12(10)15/h3-7H,1-2H2. The first-order chi connectivity index (χ1) is 8.22. The average Bonchev–Trinajstić information content (AvgIpc) is 2.36. The van der Waals surface area contributed by atoms with E-state index in [0.29, 0.717) is 29.4 Å². The third-order valence-corrected chi connectivity index (χ3v) is 3.17. The Bertz CT molecular complexity index is 678. The van der Waals surface area contributed by atoms with Gasteiger partial charge in [-0.1, -0.05) is 0 Å². The molecule has 0 amide bonds. The van der Waals surface area contributed by atoms with Gasteiger partial charge in [0.1, 0.15) is 12.1 Å². The molecule has 0 N–H and O–H groups in total. The van der Waals surface area contributed by atoms with Crippen molar-refractivity contribution in [1.29, 1.82) is 0 Å². The second-order valence-corrected chi connectivity index (χ2v) is 4.10. The molecule has 2 aromatic rings. The lowest BCUT2D eigenvalue weighted by atomic mass is 9.99. The molecule has 1 unspecified atom stereocenters. The Morgan fingerprint density at radius 2 is 2.29 bits per heavy atom. The number of aromatic nitrogens is 2. The van der Waals surface area contributed by atoms with Gasteiger partial charge in [-0.05, 0) is 18.9 Å². The van der Waals surface area contributed by atoms with Gasteiger partial charge in [-0.25, -0.2) is 4.39 Å². The maximum Gasteiger partial charge on any atom is 0.251 e. The third-order valence-electron chi connectivity index (χ3n) is 3.17. The number of pyridine rings is 2. The molecule has 1 aliphatic rings. The predicted octanol–water partition coefficient (Wildman–Crippen LogP) is 1.22. The van der Waals surface area contributed by atoms with Gasteiger partial charge in [-0.15, -0.1) is 0 Å². The number of rotatable bonds is 1. The average molecular weight is 232 g/mol. The van der Waals surface area contributed by atoms with Crippen LogP contribution in [0.3, 0.4) is 0 Å². The van der Waals surface area contributed by atoms with Gasteiger partial charge in [0.15, 0.2) is 0 Å². The van der Waals surface area contributed by atoms with E-state index in [4.69, 9.17) is 0 Å². The number of hydrogen-bond acceptors (Lipinski definition) is 3. The molecule has 0 radical (unpaired) electrons. The Labute approximate surface area is 95.7 Å². The van der Waals surface area contributed by atoms with Gasteiger partial charge < -0.3 is 4.79 Å². The zero-order chi connectivity index (χ0) is 12.0. The molecule has 2 aromatic heterocycles. The number of hydrogen-bond donors (Lipinski definition) is 0. The van der Waals surface area contributed by atoms with E-state index in [1.165, 1.54) is 10.6 Å². The van der Waals surface area contributed by atoms with Crippen molar-refractivity contribution in [3.8, 4) is 0 Å². The lowest BCUT2D eigenvalue weighted by molar-refractivity contribution is -0.110. The number of halogens is 1. The summed E-state index contributed by atoms with van der Waals surface area (Å²) in [6.45, 7) is 0. The molecule has 0 spiro atoms. The van der Waals surface area contributed by atoms with E-state index in [1.807, 2.05) is 0 Å². The monoisotopic (exact) mass is 232 g/mol. The molecule has 86 valence electrons. The summed E-state index contributed by atoms with van der Waals surface area (Å²) in [5.41, 5.74) is 1.20. The quantitative estimate of drug-likeness (QED) is 0.695. The Hall–Kier alpha value is -2.04. The van der Waals surface area contributed by atoms with Crippen LogP contribution in [-0.2, 0) is 11.2 Å². The van der Waals surface area contributed by atoms with Crippen molar-refractivity contribution in [1.82, 2.24) is 9.55 Å². The molecular weight excluding hydrogens is 223 g/mol. The minimum absolute atomic E-state index is 0.289. The fraction of sp³-hybridized carbons (Fsp3) is 0.250. The van der Waals surface area contributed by atoms with Gasteiger partial charge >= 0.3 is 0 Å². The van der Waals surface area contributed by atoms with Crippen LogP contribution in [0.1, 0.15) is 18.0 Å². The topological polar surface area (TPSA) is 52.0 Å². The third kappa shape index (κ3) is 1.32. The van der Waals surface area contributed by atoms with Crippen LogP contribution in [0.25, 0.3) is 11.0 Å². The van der Waals surface area contributed by atoms with Crippen LogP contribution in [0.15, 0.2) is 23.1 Å². The van der Waals surface area contributed by atoms with Gasteiger partial charge in [-0.2, -0.15) is 0 Å². The molecule has 1 atom stereocenters. The molecule has 17 heavy (non-hydrogen) atoms. The van der Waals surface area contributed by atoms with Gasteiger partial charge in [0.25, 0.3) is 5.56 Å². The smallest absolute Gasteiger partial charge is 0.251 e. The first-order valence-corrected chi connectivity index (χ1v) is 5.36. The molecule has 3 heterocycles. The first-order valence-electron chi connectivity index (χ1n) is 5.36. The lowest BCUT2D eigenvalue weighted by Gasteiger charge is -2.23. The van der Waals surface area contributed by atoms with Crippen LogP contribution >= 0.6 is 0 Å². The zero-order valence-electron chi connectivity index (χ0n) is 8.89. The molecule has 0 aromatic carbocycles. The molecule has 0 saturated carbocycles. The van der Waals surface area contributed by atoms with Gasteiger partial charge in [0.05, 0.1) is 23.3 Å². The highest BCUT2D eigenvalue weighted by Crippen LogP contribution is 2.28. The summed E-state index contributed by atoms with van der Waals surface area (Å²) in [7, 11) is 0. The molecule has 5 heteroatoms. The lowest BCUT2D eigenvalue weighted by Crippen LogP contribution is -2.29. The van der Waals surface area contributed by atoms with E-state index in [-0.39, 0.29) is 5.56 Å². The molecule has 4 nitrogen and oxygen atoms in total. The molecule has 0 aliphatic carbocycles. The zero-order valence-corrected chi connectivity index (χ0v) is 8.89. The predicted molar refractivity (Wildman–Crippen MR) is 59.4 cm³/mol. The van der Waals surface area contributed by atoms with E-state index in [9.17, 15) is 14.0 Å². The summed E-state index contributed by atoms with van der Waals surface area (Å²) in [6, 6.07) is 2.41. The van der Waals surface area contributed by atoms with Crippen LogP contribution in [0.4, 0.5) is 4.39 Å². The number of aryl methyl sites for hydroxylation is 1. The number of carbonyl (C=O) groups is 1. The second kappa shape index (κ2) is 3.48. The van der Waals surface area contributed by atoms with E-state index in [2.05, 4.69) is 4.98 Å². The Morgan fingerprint density at radius 3 is 3.06 bits per heavy atom. The first kappa shape index (κ1) is 10.1. The number of carbonyl (C=O) groups excluding carboxylic acids is 1. The van der Waals surface area contributed by atoms with Crippen molar-refractivity contribution in [2.45, 2.75) is 18.9 Å². The maximum atomic E-state index is 13.6. The summed E-state index contributed by atoms with van der Waals surface area (Å²) in [6.07, 6.45) is 2.80. The highest BCUT2D eigenvalue weighted by molar-refractivity contribution is 5.80. The Morgan fingerprint density at radius 1 is 1.47 bits per heavy atom. The summed E-state index contributed by atoms with van der Waals surface area (Å²) in [5, 5.41) is 0. The molecule has 0 bridgehead atoms. The number of aldehydes is 1.